The van der Waals surface area contributed by atoms with Crippen molar-refractivity contribution in [3.05, 3.63) is 29.8 Å². The first-order valence-corrected chi connectivity index (χ1v) is 7.52. The molecule has 0 bridgehead atoms. The van der Waals surface area contributed by atoms with Crippen LogP contribution < -0.4 is 5.32 Å². The number of hydrogen-bond donors (Lipinski definition) is 3. The van der Waals surface area contributed by atoms with Gasteiger partial charge in [-0.25, -0.2) is 4.31 Å². The van der Waals surface area contributed by atoms with Gasteiger partial charge in [0.05, 0.1) is 10.5 Å². The Morgan fingerprint density at radius 2 is 2.00 bits per heavy atom. The number of rotatable bonds is 1. The molecule has 1 aromatic carbocycles. The summed E-state index contributed by atoms with van der Waals surface area (Å²) in [4.78, 5) is 24.4. The molecule has 1 saturated heterocycles. The summed E-state index contributed by atoms with van der Waals surface area (Å²) in [6.45, 7) is 0.559. The van der Waals surface area contributed by atoms with Crippen LogP contribution in [-0.2, 0) is 4.79 Å². The number of nitrogens with zero attached hydrogens (tertiary/aromatic N) is 1. The second-order valence-corrected chi connectivity index (χ2v) is 6.47. The molecule has 7 heteroatoms. The van der Waals surface area contributed by atoms with Crippen molar-refractivity contribution >= 4 is 22.6 Å². The van der Waals surface area contributed by atoms with Crippen molar-refractivity contribution in [1.82, 2.24) is 9.62 Å². The Morgan fingerprint density at radius 1 is 1.26 bits per heavy atom. The van der Waals surface area contributed by atoms with Crippen molar-refractivity contribution in [1.29, 1.82) is 0 Å². The fraction of sp³-hybridized carbons (Fsp3) is 0.333. The van der Waals surface area contributed by atoms with E-state index in [0.717, 1.165) is 4.31 Å². The molecule has 2 amide bonds. The van der Waals surface area contributed by atoms with E-state index >= 15 is 0 Å². The zero-order valence-corrected chi connectivity index (χ0v) is 10.9. The van der Waals surface area contributed by atoms with Gasteiger partial charge in [0.25, 0.3) is 5.91 Å². The Kier molecular flexibility index (Phi) is 2.77. The van der Waals surface area contributed by atoms with E-state index in [2.05, 4.69) is 5.32 Å². The molecule has 102 valence electrons. The molecule has 1 fully saturated rings. The summed E-state index contributed by atoms with van der Waals surface area (Å²) in [5.74, 6) is -0.815. The van der Waals surface area contributed by atoms with Crippen LogP contribution in [0.2, 0.25) is 0 Å². The molecular weight excluding hydrogens is 268 g/mol. The molecule has 0 saturated carbocycles. The van der Waals surface area contributed by atoms with Gasteiger partial charge in [-0.1, -0.05) is 22.9 Å². The van der Waals surface area contributed by atoms with Gasteiger partial charge in [0.1, 0.15) is 6.04 Å². The molecule has 0 aromatic heterocycles. The first-order chi connectivity index (χ1) is 9.03. The lowest BCUT2D eigenvalue weighted by atomic mass is 10.1. The maximum atomic E-state index is 12.3. The zero-order valence-electron chi connectivity index (χ0n) is 10.1. The predicted molar refractivity (Wildman–Crippen MR) is 69.8 cm³/mol. The number of nitrogens with one attached hydrogen (secondary N) is 1. The van der Waals surface area contributed by atoms with E-state index in [4.69, 9.17) is 0 Å². The monoisotopic (exact) mass is 282 g/mol. The first kappa shape index (κ1) is 12.5. The van der Waals surface area contributed by atoms with Gasteiger partial charge in [0, 0.05) is 6.54 Å². The van der Waals surface area contributed by atoms with Crippen LogP contribution in [0.4, 0.5) is 0 Å². The number of amides is 2. The van der Waals surface area contributed by atoms with Crippen LogP contribution in [0.25, 0.3) is 0 Å². The third-order valence-electron chi connectivity index (χ3n) is 3.43. The van der Waals surface area contributed by atoms with Crippen LogP contribution in [-0.4, -0.2) is 37.8 Å². The van der Waals surface area contributed by atoms with Crippen LogP contribution in [0.3, 0.4) is 0 Å². The Labute approximate surface area is 111 Å². The van der Waals surface area contributed by atoms with Gasteiger partial charge in [0.2, 0.25) is 5.91 Å². The molecule has 6 nitrogen and oxygen atoms in total. The quantitative estimate of drug-likeness (QED) is 0.727. The van der Waals surface area contributed by atoms with E-state index in [1.807, 2.05) is 0 Å². The number of carbonyl (C=O) groups excluding carboxylic acids is 2. The lowest BCUT2D eigenvalue weighted by Crippen LogP contribution is -2.51. The van der Waals surface area contributed by atoms with Crippen LogP contribution in [0.1, 0.15) is 23.2 Å². The highest BCUT2D eigenvalue weighted by Gasteiger charge is 2.47. The Bertz CT molecular complexity index is 560. The van der Waals surface area contributed by atoms with Gasteiger partial charge in [-0.05, 0) is 25.0 Å². The fourth-order valence-electron chi connectivity index (χ4n) is 2.52. The summed E-state index contributed by atoms with van der Waals surface area (Å²) in [7, 11) is -3.41. The molecular formula is C12H14N2O4S. The topological polar surface area (TPSA) is 89.9 Å². The Balaban J connectivity index is 2.04. The average molecular weight is 282 g/mol. The van der Waals surface area contributed by atoms with E-state index in [9.17, 15) is 18.7 Å². The van der Waals surface area contributed by atoms with Gasteiger partial charge >= 0.3 is 0 Å². The summed E-state index contributed by atoms with van der Waals surface area (Å²) in [6.07, 6.45) is 1.16. The molecule has 19 heavy (non-hydrogen) atoms. The largest absolute Gasteiger partial charge is 0.354 e. The van der Waals surface area contributed by atoms with E-state index in [1.54, 1.807) is 18.2 Å². The van der Waals surface area contributed by atoms with E-state index in [-0.39, 0.29) is 16.4 Å². The van der Waals surface area contributed by atoms with Crippen LogP contribution in [0.15, 0.2) is 29.2 Å². The minimum atomic E-state index is -3.41. The molecule has 2 aliphatic rings. The SMILES string of the molecule is O=C1NCCCC1N1C(=O)c2ccccc2S1(O)O. The van der Waals surface area contributed by atoms with Gasteiger partial charge in [-0.2, -0.15) is 0 Å². The van der Waals surface area contributed by atoms with E-state index in [0.29, 0.717) is 19.4 Å². The maximum Gasteiger partial charge on any atom is 0.274 e. The highest BCUT2D eigenvalue weighted by Crippen LogP contribution is 2.59. The van der Waals surface area contributed by atoms with Crippen LogP contribution >= 0.6 is 10.8 Å². The third kappa shape index (κ3) is 1.73. The van der Waals surface area contributed by atoms with E-state index in [1.165, 1.54) is 6.07 Å². The van der Waals surface area contributed by atoms with Crippen LogP contribution in [0.5, 0.6) is 0 Å². The van der Waals surface area contributed by atoms with Crippen molar-refractivity contribution < 1.29 is 18.7 Å². The molecule has 3 rings (SSSR count). The van der Waals surface area contributed by atoms with Gasteiger partial charge in [0.15, 0.2) is 0 Å². The predicted octanol–water partition coefficient (Wildman–Crippen LogP) is 1.45. The van der Waals surface area contributed by atoms with Gasteiger partial charge in [-0.3, -0.25) is 18.7 Å². The molecule has 0 aliphatic carbocycles. The number of hydrogen-bond acceptors (Lipinski definition) is 4. The molecule has 2 aliphatic heterocycles. The van der Waals surface area contributed by atoms with Crippen molar-refractivity contribution in [2.45, 2.75) is 23.8 Å². The minimum absolute atomic E-state index is 0.207. The lowest BCUT2D eigenvalue weighted by Gasteiger charge is -2.42. The average Bonchev–Trinajstić information content (AvgIpc) is 2.60. The molecule has 0 radical (unpaired) electrons. The van der Waals surface area contributed by atoms with Crippen molar-refractivity contribution in [2.24, 2.45) is 0 Å². The highest BCUT2D eigenvalue weighted by molar-refractivity contribution is 8.23. The molecule has 1 unspecified atom stereocenters. The number of carbonyl (C=O) groups is 2. The summed E-state index contributed by atoms with van der Waals surface area (Å²) in [6, 6.07) is 5.57. The zero-order chi connectivity index (χ0) is 13.6. The third-order valence-corrected chi connectivity index (χ3v) is 5.34. The second kappa shape index (κ2) is 4.22. The summed E-state index contributed by atoms with van der Waals surface area (Å²) in [5.41, 5.74) is 0.265. The lowest BCUT2D eigenvalue weighted by molar-refractivity contribution is -0.126. The fourth-order valence-corrected chi connectivity index (χ4v) is 4.33. The highest BCUT2D eigenvalue weighted by atomic mass is 32.3. The van der Waals surface area contributed by atoms with Gasteiger partial charge < -0.3 is 5.32 Å². The molecule has 1 aromatic rings. The van der Waals surface area contributed by atoms with Gasteiger partial charge in [-0.15, -0.1) is 0 Å². The summed E-state index contributed by atoms with van der Waals surface area (Å²) >= 11 is 0. The smallest absolute Gasteiger partial charge is 0.274 e. The Hall–Kier alpha value is -1.57. The normalized spacial score (nSPS) is 26.8. The van der Waals surface area contributed by atoms with Crippen molar-refractivity contribution in [3.8, 4) is 0 Å². The Morgan fingerprint density at radius 3 is 2.68 bits per heavy atom. The van der Waals surface area contributed by atoms with Crippen molar-refractivity contribution in [3.63, 3.8) is 0 Å². The minimum Gasteiger partial charge on any atom is -0.354 e. The molecule has 1 atom stereocenters. The number of fused-ring (bicyclic) bond motifs is 1. The maximum absolute atomic E-state index is 12.3. The standard InChI is InChI=1S/C12H14N2O4S/c15-11-9(5-3-7-13-11)14-12(16)8-4-1-2-6-10(8)19(14,17)18/h1-2,4,6,9,17-18H,3,5,7H2,(H,13,15). The summed E-state index contributed by atoms with van der Waals surface area (Å²) < 4.78 is 21.6. The second-order valence-electron chi connectivity index (χ2n) is 4.59. The number of piperidine rings is 1. The number of benzene rings is 1. The van der Waals surface area contributed by atoms with E-state index < -0.39 is 22.7 Å². The summed E-state index contributed by atoms with van der Waals surface area (Å²) in [5, 5.41) is 2.65. The molecule has 3 N–H and O–H groups in total. The van der Waals surface area contributed by atoms with Crippen molar-refractivity contribution in [2.75, 3.05) is 6.54 Å². The molecule has 2 heterocycles. The molecule has 0 spiro atoms. The van der Waals surface area contributed by atoms with Crippen LogP contribution in [0, 0.1) is 0 Å². The first-order valence-electron chi connectivity index (χ1n) is 6.02.